The maximum absolute atomic E-state index is 10.1. The van der Waals surface area contributed by atoms with E-state index in [2.05, 4.69) is 20.3 Å². The topological polar surface area (TPSA) is 126 Å². The van der Waals surface area contributed by atoms with Crippen LogP contribution in [0.25, 0.3) is 11.2 Å². The highest BCUT2D eigenvalue weighted by Gasteiger charge is 2.43. The van der Waals surface area contributed by atoms with E-state index in [1.807, 2.05) is 6.92 Å². The average Bonchev–Trinajstić information content (AvgIpc) is 3.10. The minimum absolute atomic E-state index is 0.133. The standard InChI is InChI=1S/C14H18ClN5O4/c1-7(15)2-3-16-12-9-13(18-5-17-12)20(6-19-9)14-11(23)10(22)8(4-21)24-14/h2-3,5-8,10-11,14,21-23H,4H2,1H3,(H,16,17,18)/t7?,8-,10-,11-,14-/m1/s1. The number of aliphatic hydroxyl groups excluding tert-OH is 3. The molecule has 0 saturated carbocycles. The van der Waals surface area contributed by atoms with Crippen LogP contribution in [0, 0.1) is 0 Å². The molecule has 0 radical (unpaired) electrons. The second kappa shape index (κ2) is 6.99. The average molecular weight is 356 g/mol. The van der Waals surface area contributed by atoms with Gasteiger partial charge in [-0.05, 0) is 13.1 Å². The van der Waals surface area contributed by atoms with Gasteiger partial charge in [0.05, 0.1) is 18.3 Å². The van der Waals surface area contributed by atoms with Crippen LogP contribution in [0.2, 0.25) is 0 Å². The fraction of sp³-hybridized carbons (Fsp3) is 0.500. The predicted molar refractivity (Wildman–Crippen MR) is 86.4 cm³/mol. The Labute approximate surface area is 142 Å². The van der Waals surface area contributed by atoms with E-state index in [9.17, 15) is 15.3 Å². The van der Waals surface area contributed by atoms with Crippen molar-refractivity contribution in [2.45, 2.75) is 36.8 Å². The van der Waals surface area contributed by atoms with Gasteiger partial charge in [0.15, 0.2) is 23.2 Å². The van der Waals surface area contributed by atoms with E-state index in [1.165, 1.54) is 17.2 Å². The molecule has 4 N–H and O–H groups in total. The third kappa shape index (κ3) is 3.08. The Hall–Kier alpha value is -1.78. The number of fused-ring (bicyclic) bond motifs is 1. The summed E-state index contributed by atoms with van der Waals surface area (Å²) in [5.74, 6) is 0.471. The fourth-order valence-electron chi connectivity index (χ4n) is 2.51. The SMILES string of the molecule is CC(Cl)C=CNc1ncnc2c1ncn2[C@@H]1O[C@H](CO)[C@@H](O)[C@H]1O. The molecule has 0 aliphatic carbocycles. The molecular formula is C14H18ClN5O4. The predicted octanol–water partition coefficient (Wildman–Crippen LogP) is -0.00930. The zero-order valence-electron chi connectivity index (χ0n) is 12.8. The van der Waals surface area contributed by atoms with E-state index >= 15 is 0 Å². The van der Waals surface area contributed by atoms with Gasteiger partial charge >= 0.3 is 0 Å². The fourth-order valence-corrected chi connectivity index (χ4v) is 2.59. The van der Waals surface area contributed by atoms with Crippen molar-refractivity contribution in [3.8, 4) is 0 Å². The number of alkyl halides is 1. The van der Waals surface area contributed by atoms with Gasteiger partial charge in [-0.2, -0.15) is 0 Å². The molecule has 1 aliphatic heterocycles. The van der Waals surface area contributed by atoms with Crippen LogP contribution >= 0.6 is 11.6 Å². The van der Waals surface area contributed by atoms with Crippen molar-refractivity contribution in [2.24, 2.45) is 0 Å². The molecule has 5 atom stereocenters. The van der Waals surface area contributed by atoms with Crippen LogP contribution in [0.4, 0.5) is 5.82 Å². The Balaban J connectivity index is 1.91. The van der Waals surface area contributed by atoms with Crippen molar-refractivity contribution >= 4 is 28.6 Å². The number of aliphatic hydroxyl groups is 3. The summed E-state index contributed by atoms with van der Waals surface area (Å²) in [5.41, 5.74) is 0.900. The lowest BCUT2D eigenvalue weighted by atomic mass is 10.1. The van der Waals surface area contributed by atoms with Crippen LogP contribution in [-0.4, -0.2) is 65.1 Å². The first kappa shape index (κ1) is 17.1. The zero-order valence-corrected chi connectivity index (χ0v) is 13.6. The molecule has 24 heavy (non-hydrogen) atoms. The lowest BCUT2D eigenvalue weighted by molar-refractivity contribution is -0.0511. The van der Waals surface area contributed by atoms with Gasteiger partial charge in [0.2, 0.25) is 0 Å². The molecular weight excluding hydrogens is 338 g/mol. The van der Waals surface area contributed by atoms with Gasteiger partial charge in [-0.15, -0.1) is 11.6 Å². The summed E-state index contributed by atoms with van der Waals surface area (Å²) >= 11 is 5.84. The van der Waals surface area contributed by atoms with E-state index in [-0.39, 0.29) is 5.38 Å². The number of nitrogens with zero attached hydrogens (tertiary/aromatic N) is 4. The highest BCUT2D eigenvalue weighted by Crippen LogP contribution is 2.32. The smallest absolute Gasteiger partial charge is 0.167 e. The molecule has 130 valence electrons. The first-order valence-electron chi connectivity index (χ1n) is 7.40. The van der Waals surface area contributed by atoms with Crippen molar-refractivity contribution in [2.75, 3.05) is 11.9 Å². The Morgan fingerprint density at radius 1 is 1.38 bits per heavy atom. The van der Waals surface area contributed by atoms with Crippen LogP contribution < -0.4 is 5.32 Å². The molecule has 1 saturated heterocycles. The second-order valence-corrected chi connectivity index (χ2v) is 6.14. The number of allylic oxidation sites excluding steroid dienone is 1. The van der Waals surface area contributed by atoms with Crippen molar-refractivity contribution in [1.82, 2.24) is 19.5 Å². The molecule has 10 heteroatoms. The summed E-state index contributed by atoms with van der Waals surface area (Å²) < 4.78 is 7.00. The van der Waals surface area contributed by atoms with Crippen LogP contribution in [-0.2, 0) is 4.74 Å². The number of nitrogens with one attached hydrogen (secondary N) is 1. The molecule has 3 rings (SSSR count). The molecule has 0 amide bonds. The van der Waals surface area contributed by atoms with E-state index in [4.69, 9.17) is 16.3 Å². The number of aromatic nitrogens is 4. The van der Waals surface area contributed by atoms with E-state index in [0.717, 1.165) is 0 Å². The number of halogens is 1. The molecule has 1 unspecified atom stereocenters. The lowest BCUT2D eigenvalue weighted by Crippen LogP contribution is -2.33. The normalized spacial score (nSPS) is 28.7. The van der Waals surface area contributed by atoms with Gasteiger partial charge in [0.25, 0.3) is 0 Å². The molecule has 1 fully saturated rings. The number of ether oxygens (including phenoxy) is 1. The number of anilines is 1. The van der Waals surface area contributed by atoms with Crippen LogP contribution in [0.15, 0.2) is 24.9 Å². The molecule has 1 aliphatic rings. The van der Waals surface area contributed by atoms with Crippen molar-refractivity contribution in [3.05, 3.63) is 24.9 Å². The van der Waals surface area contributed by atoms with E-state index in [1.54, 1.807) is 12.3 Å². The third-order valence-electron chi connectivity index (χ3n) is 3.73. The van der Waals surface area contributed by atoms with Gasteiger partial charge in [-0.1, -0.05) is 6.08 Å². The van der Waals surface area contributed by atoms with Crippen LogP contribution in [0.5, 0.6) is 0 Å². The maximum atomic E-state index is 10.1. The zero-order chi connectivity index (χ0) is 17.3. The van der Waals surface area contributed by atoms with E-state index < -0.39 is 31.1 Å². The van der Waals surface area contributed by atoms with Crippen molar-refractivity contribution < 1.29 is 20.1 Å². The molecule has 9 nitrogen and oxygen atoms in total. The van der Waals surface area contributed by atoms with Crippen LogP contribution in [0.3, 0.4) is 0 Å². The first-order valence-corrected chi connectivity index (χ1v) is 7.84. The molecule has 0 spiro atoms. The van der Waals surface area contributed by atoms with Gasteiger partial charge < -0.3 is 25.4 Å². The number of rotatable bonds is 5. The highest BCUT2D eigenvalue weighted by atomic mass is 35.5. The van der Waals surface area contributed by atoms with Crippen molar-refractivity contribution in [1.29, 1.82) is 0 Å². The Kier molecular flexibility index (Phi) is 4.97. The number of imidazole rings is 1. The molecule has 0 aromatic carbocycles. The largest absolute Gasteiger partial charge is 0.394 e. The lowest BCUT2D eigenvalue weighted by Gasteiger charge is -2.16. The summed E-state index contributed by atoms with van der Waals surface area (Å²) in [6.45, 7) is 1.43. The van der Waals surface area contributed by atoms with E-state index in [0.29, 0.717) is 17.0 Å². The van der Waals surface area contributed by atoms with Gasteiger partial charge in [-0.25, -0.2) is 15.0 Å². The Morgan fingerprint density at radius 2 is 2.17 bits per heavy atom. The maximum Gasteiger partial charge on any atom is 0.167 e. The highest BCUT2D eigenvalue weighted by molar-refractivity contribution is 6.21. The van der Waals surface area contributed by atoms with Crippen LogP contribution in [0.1, 0.15) is 13.2 Å². The van der Waals surface area contributed by atoms with Crippen molar-refractivity contribution in [3.63, 3.8) is 0 Å². The molecule has 2 aromatic rings. The summed E-state index contributed by atoms with van der Waals surface area (Å²) in [4.78, 5) is 12.5. The Bertz CT molecular complexity index is 737. The number of hydrogen-bond acceptors (Lipinski definition) is 8. The minimum Gasteiger partial charge on any atom is -0.394 e. The quantitative estimate of drug-likeness (QED) is 0.552. The molecule has 3 heterocycles. The third-order valence-corrected chi connectivity index (χ3v) is 3.88. The summed E-state index contributed by atoms with van der Waals surface area (Å²) in [5, 5.41) is 32.1. The first-order chi connectivity index (χ1) is 11.5. The summed E-state index contributed by atoms with van der Waals surface area (Å²) in [6, 6.07) is 0. The second-order valence-electron chi connectivity index (χ2n) is 5.46. The monoisotopic (exact) mass is 355 g/mol. The Morgan fingerprint density at radius 3 is 2.83 bits per heavy atom. The summed E-state index contributed by atoms with van der Waals surface area (Å²) in [7, 11) is 0. The van der Waals surface area contributed by atoms with Gasteiger partial charge in [-0.3, -0.25) is 4.57 Å². The molecule has 0 bridgehead atoms. The molecule has 2 aromatic heterocycles. The minimum atomic E-state index is -1.21. The van der Waals surface area contributed by atoms with Gasteiger partial charge in [0.1, 0.15) is 24.6 Å². The number of hydrogen-bond donors (Lipinski definition) is 4. The summed E-state index contributed by atoms with van der Waals surface area (Å²) in [6.07, 6.45) is 2.04. The van der Waals surface area contributed by atoms with Gasteiger partial charge in [0, 0.05) is 0 Å².